The van der Waals surface area contributed by atoms with Crippen molar-refractivity contribution in [3.8, 4) is 11.5 Å². The summed E-state index contributed by atoms with van der Waals surface area (Å²) in [6, 6.07) is 11.1. The van der Waals surface area contributed by atoms with Crippen LogP contribution in [0.5, 0.6) is 11.5 Å². The van der Waals surface area contributed by atoms with Crippen LogP contribution in [0.3, 0.4) is 0 Å². The first-order valence-corrected chi connectivity index (χ1v) is 8.92. The molecule has 27 heavy (non-hydrogen) atoms. The summed E-state index contributed by atoms with van der Waals surface area (Å²) in [4.78, 5) is 11.1. The molecule has 7 nitrogen and oxygen atoms in total. The number of anilines is 1. The van der Waals surface area contributed by atoms with E-state index in [4.69, 9.17) is 14.2 Å². The molecule has 2 atom stereocenters. The molecule has 0 aromatic heterocycles. The van der Waals surface area contributed by atoms with Gasteiger partial charge in [-0.3, -0.25) is 10.1 Å². The van der Waals surface area contributed by atoms with Gasteiger partial charge in [-0.1, -0.05) is 12.1 Å². The number of nitro groups is 1. The lowest BCUT2D eigenvalue weighted by molar-refractivity contribution is -0.384. The predicted octanol–water partition coefficient (Wildman–Crippen LogP) is 3.87. The molecule has 2 heterocycles. The fourth-order valence-corrected chi connectivity index (χ4v) is 3.54. The summed E-state index contributed by atoms with van der Waals surface area (Å²) in [7, 11) is 1.63. The van der Waals surface area contributed by atoms with Crippen LogP contribution in [-0.2, 0) is 11.2 Å². The molecule has 0 radical (unpaired) electrons. The quantitative estimate of drug-likeness (QED) is 0.472. The van der Waals surface area contributed by atoms with Gasteiger partial charge in [-0.2, -0.15) is 0 Å². The Balaban J connectivity index is 1.52. The molecule has 2 aromatic rings. The Morgan fingerprint density at radius 3 is 2.67 bits per heavy atom. The van der Waals surface area contributed by atoms with Gasteiger partial charge in [-0.15, -0.1) is 0 Å². The van der Waals surface area contributed by atoms with Crippen LogP contribution in [0, 0.1) is 10.1 Å². The molecule has 1 N–H and O–H groups in total. The Morgan fingerprint density at radius 1 is 1.26 bits per heavy atom. The topological polar surface area (TPSA) is 86.2 Å². The van der Waals surface area contributed by atoms with E-state index in [1.165, 1.54) is 6.07 Å². The molecule has 0 spiro atoms. The van der Waals surface area contributed by atoms with Crippen molar-refractivity contribution in [2.75, 3.05) is 19.0 Å². The summed E-state index contributed by atoms with van der Waals surface area (Å²) in [5, 5.41) is 14.7. The Labute approximate surface area is 157 Å². The monoisotopic (exact) mass is 370 g/mol. The smallest absolute Gasteiger partial charge is 0.296 e. The van der Waals surface area contributed by atoms with Crippen molar-refractivity contribution < 1.29 is 19.1 Å². The molecule has 2 aliphatic rings. The third kappa shape index (κ3) is 3.30. The highest BCUT2D eigenvalue weighted by Gasteiger charge is 2.57. The summed E-state index contributed by atoms with van der Waals surface area (Å²) < 4.78 is 16.8. The summed E-state index contributed by atoms with van der Waals surface area (Å²) in [5.74, 6) is 1.34. The van der Waals surface area contributed by atoms with E-state index in [9.17, 15) is 10.1 Å². The molecule has 1 fully saturated rings. The van der Waals surface area contributed by atoms with Crippen molar-refractivity contribution >= 4 is 11.4 Å². The predicted molar refractivity (Wildman–Crippen MR) is 101 cm³/mol. The average molecular weight is 370 g/mol. The van der Waals surface area contributed by atoms with E-state index in [-0.39, 0.29) is 22.8 Å². The van der Waals surface area contributed by atoms with Gasteiger partial charge >= 0.3 is 0 Å². The minimum Gasteiger partial charge on any atom is -0.497 e. The zero-order valence-electron chi connectivity index (χ0n) is 15.5. The van der Waals surface area contributed by atoms with Gasteiger partial charge in [0.2, 0.25) is 0 Å². The number of hydrogen-bond donors (Lipinski definition) is 1. The molecule has 142 valence electrons. The van der Waals surface area contributed by atoms with E-state index < -0.39 is 5.60 Å². The minimum absolute atomic E-state index is 0.00129. The molecule has 0 bridgehead atoms. The maximum atomic E-state index is 11.5. The van der Waals surface area contributed by atoms with Gasteiger partial charge in [0, 0.05) is 12.1 Å². The molecule has 2 aliphatic heterocycles. The fraction of sp³-hybridized carbons (Fsp3) is 0.400. The third-order valence-corrected chi connectivity index (χ3v) is 5.07. The lowest BCUT2D eigenvalue weighted by atomic mass is 9.93. The second kappa shape index (κ2) is 6.42. The Morgan fingerprint density at radius 2 is 2.00 bits per heavy atom. The highest BCUT2D eigenvalue weighted by Crippen LogP contribution is 2.55. The molecule has 2 unspecified atom stereocenters. The van der Waals surface area contributed by atoms with E-state index in [1.807, 2.05) is 38.1 Å². The molecule has 1 saturated heterocycles. The normalized spacial score (nSPS) is 21.4. The first kappa shape index (κ1) is 17.6. The fourth-order valence-electron chi connectivity index (χ4n) is 3.54. The number of epoxide rings is 1. The summed E-state index contributed by atoms with van der Waals surface area (Å²) in [6.07, 6.45) is 0.690. The van der Waals surface area contributed by atoms with Gasteiger partial charge in [0.15, 0.2) is 0 Å². The second-order valence-electron chi connectivity index (χ2n) is 7.37. The van der Waals surface area contributed by atoms with Crippen molar-refractivity contribution in [2.24, 2.45) is 0 Å². The van der Waals surface area contributed by atoms with Crippen LogP contribution < -0.4 is 14.8 Å². The molecular weight excluding hydrogens is 348 g/mol. The van der Waals surface area contributed by atoms with E-state index in [0.717, 1.165) is 23.3 Å². The van der Waals surface area contributed by atoms with E-state index in [1.54, 1.807) is 13.2 Å². The highest BCUT2D eigenvalue weighted by atomic mass is 16.6. The van der Waals surface area contributed by atoms with Crippen molar-refractivity contribution in [3.05, 3.63) is 57.6 Å². The lowest BCUT2D eigenvalue weighted by Gasteiger charge is -2.29. The number of nitrogens with one attached hydrogen (secondary N) is 1. The molecule has 0 amide bonds. The number of methoxy groups -OCH3 is 1. The van der Waals surface area contributed by atoms with Gasteiger partial charge < -0.3 is 19.5 Å². The molecular formula is C20H22N2O5. The second-order valence-corrected chi connectivity index (χ2v) is 7.37. The number of fused-ring (bicyclic) bond motifs is 3. The number of hydrogen-bond acceptors (Lipinski definition) is 6. The van der Waals surface area contributed by atoms with Crippen molar-refractivity contribution in [1.29, 1.82) is 0 Å². The summed E-state index contributed by atoms with van der Waals surface area (Å²) in [6.45, 7) is 4.45. The van der Waals surface area contributed by atoms with Crippen molar-refractivity contribution in [3.63, 3.8) is 0 Å². The van der Waals surface area contributed by atoms with Gasteiger partial charge in [-0.25, -0.2) is 0 Å². The number of rotatable bonds is 6. The standard InChI is InChI=1S/C20H22N2O5/c1-20(2)19-18(26-19)14-10-15(16(22(23)24)11-17(14)27-20)21-9-8-12-4-6-13(25-3)7-5-12/h4-7,10-11,18-19,21H,8-9H2,1-3H3. The first-order valence-electron chi connectivity index (χ1n) is 8.92. The van der Waals surface area contributed by atoms with Crippen molar-refractivity contribution in [2.45, 2.75) is 38.1 Å². The number of nitrogens with zero attached hydrogens (tertiary/aromatic N) is 1. The third-order valence-electron chi connectivity index (χ3n) is 5.07. The van der Waals surface area contributed by atoms with Crippen LogP contribution in [0.2, 0.25) is 0 Å². The van der Waals surface area contributed by atoms with Gasteiger partial charge in [0.1, 0.15) is 35.0 Å². The Hall–Kier alpha value is -2.80. The maximum absolute atomic E-state index is 11.5. The van der Waals surface area contributed by atoms with E-state index in [2.05, 4.69) is 5.32 Å². The van der Waals surface area contributed by atoms with Crippen LogP contribution >= 0.6 is 0 Å². The van der Waals surface area contributed by atoms with Crippen LogP contribution in [-0.4, -0.2) is 30.3 Å². The number of benzene rings is 2. The van der Waals surface area contributed by atoms with E-state index in [0.29, 0.717) is 18.0 Å². The van der Waals surface area contributed by atoms with Crippen LogP contribution in [0.4, 0.5) is 11.4 Å². The van der Waals surface area contributed by atoms with Crippen LogP contribution in [0.15, 0.2) is 36.4 Å². The molecule has 0 aliphatic carbocycles. The van der Waals surface area contributed by atoms with Crippen molar-refractivity contribution in [1.82, 2.24) is 0 Å². The van der Waals surface area contributed by atoms with Crippen LogP contribution in [0.1, 0.15) is 31.1 Å². The molecule has 7 heteroatoms. The highest BCUT2D eigenvalue weighted by molar-refractivity contribution is 5.68. The summed E-state index contributed by atoms with van der Waals surface area (Å²) in [5.41, 5.74) is 2.02. The minimum atomic E-state index is -0.477. The number of nitro benzene ring substituents is 1. The number of ether oxygens (including phenoxy) is 3. The van der Waals surface area contributed by atoms with Gasteiger partial charge in [0.25, 0.3) is 5.69 Å². The van der Waals surface area contributed by atoms with Gasteiger partial charge in [0.05, 0.1) is 18.1 Å². The molecule has 4 rings (SSSR count). The molecule has 0 saturated carbocycles. The lowest BCUT2D eigenvalue weighted by Crippen LogP contribution is -2.37. The van der Waals surface area contributed by atoms with Gasteiger partial charge in [-0.05, 0) is 44.0 Å². The first-order chi connectivity index (χ1) is 12.9. The zero-order valence-corrected chi connectivity index (χ0v) is 15.5. The Bertz CT molecular complexity index is 879. The van der Waals surface area contributed by atoms with Crippen LogP contribution in [0.25, 0.3) is 0 Å². The zero-order chi connectivity index (χ0) is 19.2. The largest absolute Gasteiger partial charge is 0.497 e. The SMILES string of the molecule is COc1ccc(CCNc2cc3c(cc2[N+](=O)[O-])OC(C)(C)C2OC32)cc1. The summed E-state index contributed by atoms with van der Waals surface area (Å²) >= 11 is 0. The average Bonchev–Trinajstić information content (AvgIpc) is 3.44. The molecule has 2 aromatic carbocycles. The maximum Gasteiger partial charge on any atom is 0.296 e. The Kier molecular flexibility index (Phi) is 4.19. The van der Waals surface area contributed by atoms with E-state index >= 15 is 0 Å².